The van der Waals surface area contributed by atoms with Crippen molar-refractivity contribution in [1.29, 1.82) is 0 Å². The Balaban J connectivity index is 3.16. The van der Waals surface area contributed by atoms with E-state index in [1.165, 1.54) is 7.11 Å². The van der Waals surface area contributed by atoms with Gasteiger partial charge in [-0.1, -0.05) is 20.8 Å². The SMILES string of the molecule is COc1c(C(C)(C)C)csc1F. The molecule has 0 spiro atoms. The molecule has 0 fully saturated rings. The van der Waals surface area contributed by atoms with Crippen LogP contribution >= 0.6 is 11.3 Å². The Hall–Kier alpha value is -0.570. The van der Waals surface area contributed by atoms with E-state index in [1.54, 1.807) is 0 Å². The topological polar surface area (TPSA) is 9.23 Å². The van der Waals surface area contributed by atoms with Crippen LogP contribution in [-0.2, 0) is 5.41 Å². The molecule has 0 unspecified atom stereocenters. The number of rotatable bonds is 1. The van der Waals surface area contributed by atoms with Crippen LogP contribution in [0.5, 0.6) is 5.75 Å². The van der Waals surface area contributed by atoms with E-state index >= 15 is 0 Å². The summed E-state index contributed by atoms with van der Waals surface area (Å²) in [5.74, 6) is 0.396. The van der Waals surface area contributed by atoms with E-state index in [0.717, 1.165) is 16.9 Å². The van der Waals surface area contributed by atoms with Gasteiger partial charge in [-0.3, -0.25) is 0 Å². The van der Waals surface area contributed by atoms with E-state index in [1.807, 2.05) is 26.2 Å². The van der Waals surface area contributed by atoms with Crippen molar-refractivity contribution in [3.05, 3.63) is 16.1 Å². The van der Waals surface area contributed by atoms with Crippen LogP contribution in [0.1, 0.15) is 26.3 Å². The molecule has 1 nitrogen and oxygen atoms in total. The van der Waals surface area contributed by atoms with E-state index in [4.69, 9.17) is 4.74 Å². The molecule has 1 aromatic rings. The summed E-state index contributed by atoms with van der Waals surface area (Å²) >= 11 is 1.09. The molecule has 1 heterocycles. The minimum atomic E-state index is -0.234. The van der Waals surface area contributed by atoms with Gasteiger partial charge in [-0.2, -0.15) is 4.39 Å². The molecule has 0 aliphatic heterocycles. The first-order chi connectivity index (χ1) is 5.46. The molecular weight excluding hydrogens is 175 g/mol. The molecule has 0 radical (unpaired) electrons. The molecule has 0 saturated heterocycles. The summed E-state index contributed by atoms with van der Waals surface area (Å²) in [5, 5.41) is 1.58. The number of methoxy groups -OCH3 is 1. The third-order valence-electron chi connectivity index (χ3n) is 1.72. The average molecular weight is 188 g/mol. The molecule has 68 valence electrons. The van der Waals surface area contributed by atoms with Gasteiger partial charge in [-0.05, 0) is 5.41 Å². The van der Waals surface area contributed by atoms with E-state index < -0.39 is 0 Å². The lowest BCUT2D eigenvalue weighted by molar-refractivity contribution is 0.378. The van der Waals surface area contributed by atoms with E-state index in [2.05, 4.69) is 0 Å². The van der Waals surface area contributed by atoms with Crippen molar-refractivity contribution < 1.29 is 9.13 Å². The zero-order chi connectivity index (χ0) is 9.35. The van der Waals surface area contributed by atoms with Crippen LogP contribution in [0, 0.1) is 5.13 Å². The zero-order valence-corrected chi connectivity index (χ0v) is 8.59. The third kappa shape index (κ3) is 1.61. The number of thiophene rings is 1. The van der Waals surface area contributed by atoms with Gasteiger partial charge in [-0.25, -0.2) is 0 Å². The first-order valence-electron chi connectivity index (χ1n) is 3.78. The van der Waals surface area contributed by atoms with Crippen molar-refractivity contribution in [2.75, 3.05) is 7.11 Å². The molecule has 0 bridgehead atoms. The standard InChI is InChI=1S/C9H13FOS/c1-9(2,3)6-5-12-8(10)7(6)11-4/h5H,1-4H3. The summed E-state index contributed by atoms with van der Waals surface area (Å²) in [6.45, 7) is 6.12. The smallest absolute Gasteiger partial charge is 0.218 e. The Bertz CT molecular complexity index is 273. The Morgan fingerprint density at radius 2 is 2.00 bits per heavy atom. The van der Waals surface area contributed by atoms with Gasteiger partial charge in [0.1, 0.15) is 0 Å². The van der Waals surface area contributed by atoms with Crippen molar-refractivity contribution in [1.82, 2.24) is 0 Å². The molecule has 0 atom stereocenters. The minimum Gasteiger partial charge on any atom is -0.492 e. The predicted octanol–water partition coefficient (Wildman–Crippen LogP) is 3.19. The summed E-state index contributed by atoms with van der Waals surface area (Å²) in [6.07, 6.45) is 0. The summed E-state index contributed by atoms with van der Waals surface area (Å²) in [5.41, 5.74) is 0.888. The average Bonchev–Trinajstić information content (AvgIpc) is 2.29. The highest BCUT2D eigenvalue weighted by atomic mass is 32.1. The van der Waals surface area contributed by atoms with Gasteiger partial charge in [0, 0.05) is 10.9 Å². The lowest BCUT2D eigenvalue weighted by Gasteiger charge is -2.18. The van der Waals surface area contributed by atoms with E-state index in [-0.39, 0.29) is 10.5 Å². The molecule has 0 aromatic carbocycles. The second-order valence-corrected chi connectivity index (χ2v) is 4.54. The molecule has 0 saturated carbocycles. The van der Waals surface area contributed by atoms with E-state index in [9.17, 15) is 4.39 Å². The first kappa shape index (κ1) is 9.52. The Morgan fingerprint density at radius 1 is 1.42 bits per heavy atom. The molecule has 0 N–H and O–H groups in total. The highest BCUT2D eigenvalue weighted by molar-refractivity contribution is 7.08. The maximum Gasteiger partial charge on any atom is 0.218 e. The lowest BCUT2D eigenvalue weighted by Crippen LogP contribution is -2.11. The number of ether oxygens (including phenoxy) is 1. The van der Waals surface area contributed by atoms with Gasteiger partial charge in [0.25, 0.3) is 0 Å². The largest absolute Gasteiger partial charge is 0.492 e. The van der Waals surface area contributed by atoms with Gasteiger partial charge >= 0.3 is 0 Å². The molecular formula is C9H13FOS. The van der Waals surface area contributed by atoms with Crippen molar-refractivity contribution >= 4 is 11.3 Å². The summed E-state index contributed by atoms with van der Waals surface area (Å²) in [6, 6.07) is 0. The van der Waals surface area contributed by atoms with Crippen LogP contribution in [0.25, 0.3) is 0 Å². The normalized spacial score (nSPS) is 11.8. The Labute approximate surface area is 76.2 Å². The fourth-order valence-electron chi connectivity index (χ4n) is 1.03. The second-order valence-electron chi connectivity index (χ2n) is 3.71. The van der Waals surface area contributed by atoms with Crippen LogP contribution in [0.2, 0.25) is 0 Å². The molecule has 0 amide bonds. The van der Waals surface area contributed by atoms with Crippen molar-refractivity contribution in [3.63, 3.8) is 0 Å². The molecule has 0 aliphatic carbocycles. The quantitative estimate of drug-likeness (QED) is 0.657. The van der Waals surface area contributed by atoms with Crippen LogP contribution in [0.3, 0.4) is 0 Å². The fourth-order valence-corrected chi connectivity index (χ4v) is 2.01. The van der Waals surface area contributed by atoms with Crippen molar-refractivity contribution in [2.45, 2.75) is 26.2 Å². The number of hydrogen-bond donors (Lipinski definition) is 0. The maximum absolute atomic E-state index is 13.0. The molecule has 1 rings (SSSR count). The lowest BCUT2D eigenvalue weighted by atomic mass is 9.89. The van der Waals surface area contributed by atoms with Crippen LogP contribution in [0.15, 0.2) is 5.38 Å². The molecule has 3 heteroatoms. The van der Waals surface area contributed by atoms with Crippen LogP contribution in [0.4, 0.5) is 4.39 Å². The fraction of sp³-hybridized carbons (Fsp3) is 0.556. The summed E-state index contributed by atoms with van der Waals surface area (Å²) in [4.78, 5) is 0. The van der Waals surface area contributed by atoms with Crippen molar-refractivity contribution in [2.24, 2.45) is 0 Å². The van der Waals surface area contributed by atoms with Gasteiger partial charge in [-0.15, -0.1) is 11.3 Å². The first-order valence-corrected chi connectivity index (χ1v) is 4.66. The monoisotopic (exact) mass is 188 g/mol. The van der Waals surface area contributed by atoms with Gasteiger partial charge in [0.15, 0.2) is 5.75 Å². The number of hydrogen-bond acceptors (Lipinski definition) is 2. The van der Waals surface area contributed by atoms with Gasteiger partial charge in [0.05, 0.1) is 7.11 Å². The van der Waals surface area contributed by atoms with Crippen molar-refractivity contribution in [3.8, 4) is 5.75 Å². The Kier molecular flexibility index (Phi) is 2.42. The predicted molar refractivity (Wildman–Crippen MR) is 49.5 cm³/mol. The summed E-state index contributed by atoms with van der Waals surface area (Å²) < 4.78 is 18.0. The van der Waals surface area contributed by atoms with E-state index in [0.29, 0.717) is 5.75 Å². The van der Waals surface area contributed by atoms with Crippen LogP contribution < -0.4 is 4.74 Å². The molecule has 1 aromatic heterocycles. The molecule has 0 aliphatic rings. The summed E-state index contributed by atoms with van der Waals surface area (Å²) in [7, 11) is 1.50. The highest BCUT2D eigenvalue weighted by Gasteiger charge is 2.22. The number of halogens is 1. The Morgan fingerprint density at radius 3 is 2.33 bits per heavy atom. The molecule has 12 heavy (non-hydrogen) atoms. The highest BCUT2D eigenvalue weighted by Crippen LogP contribution is 2.37. The van der Waals surface area contributed by atoms with Gasteiger partial charge < -0.3 is 4.74 Å². The minimum absolute atomic E-state index is 0.0494. The maximum atomic E-state index is 13.0. The second kappa shape index (κ2) is 3.05. The van der Waals surface area contributed by atoms with Gasteiger partial charge in [0.2, 0.25) is 5.13 Å². The third-order valence-corrected chi connectivity index (χ3v) is 2.46. The van der Waals surface area contributed by atoms with Crippen LogP contribution in [-0.4, -0.2) is 7.11 Å². The zero-order valence-electron chi connectivity index (χ0n) is 7.77.